The van der Waals surface area contributed by atoms with Crippen molar-refractivity contribution in [3.05, 3.63) is 0 Å². The Morgan fingerprint density at radius 1 is 1.00 bits per heavy atom. The van der Waals surface area contributed by atoms with Crippen molar-refractivity contribution in [3.63, 3.8) is 0 Å². The molecule has 0 atom stereocenters. The number of hydrogen-bond acceptors (Lipinski definition) is 4. The van der Waals surface area contributed by atoms with Gasteiger partial charge in [0.05, 0.1) is 0 Å². The van der Waals surface area contributed by atoms with Gasteiger partial charge >= 0.3 is 68.8 Å². The van der Waals surface area contributed by atoms with E-state index >= 15 is 0 Å². The van der Waals surface area contributed by atoms with E-state index < -0.39 is 16.7 Å². The summed E-state index contributed by atoms with van der Waals surface area (Å²) in [6, 6.07) is 0. The standard InChI is InChI=1S/2Li.Mo.4O/q2*+1;;;;2*-1. The molecule has 7 heavy (non-hydrogen) atoms. The van der Waals surface area contributed by atoms with Crippen LogP contribution in [0.2, 0.25) is 0 Å². The Balaban J connectivity index is -0.0000000800. The first-order chi connectivity index (χ1) is 2.00. The Bertz CT molecular complexity index is 92.9. The Morgan fingerprint density at radius 2 is 1.00 bits per heavy atom. The quantitative estimate of drug-likeness (QED) is 0.341. The summed E-state index contributed by atoms with van der Waals surface area (Å²) in [5.74, 6) is 0. The molecule has 0 bridgehead atoms. The minimum atomic E-state index is -6.02. The summed E-state index contributed by atoms with van der Waals surface area (Å²) in [5, 5.41) is 0. The minimum absolute atomic E-state index is 0. The van der Waals surface area contributed by atoms with Crippen LogP contribution in [0.5, 0.6) is 0 Å². The van der Waals surface area contributed by atoms with E-state index in [1.165, 1.54) is 0 Å². The van der Waals surface area contributed by atoms with Crippen molar-refractivity contribution in [2.75, 3.05) is 0 Å². The summed E-state index contributed by atoms with van der Waals surface area (Å²) in [7, 11) is 0. The van der Waals surface area contributed by atoms with Crippen molar-refractivity contribution in [3.8, 4) is 0 Å². The molecule has 0 unspecified atom stereocenters. The van der Waals surface area contributed by atoms with Gasteiger partial charge in [-0.3, -0.25) is 0 Å². The van der Waals surface area contributed by atoms with Gasteiger partial charge < -0.3 is 0 Å². The summed E-state index contributed by atoms with van der Waals surface area (Å²) in [6.07, 6.45) is 0. The number of hydrogen-bond donors (Lipinski definition) is 0. The van der Waals surface area contributed by atoms with Crippen LogP contribution in [0.15, 0.2) is 0 Å². The first kappa shape index (κ1) is 15.8. The molecule has 0 N–H and O–H groups in total. The summed E-state index contributed by atoms with van der Waals surface area (Å²) in [5.41, 5.74) is 0. The van der Waals surface area contributed by atoms with E-state index in [0.29, 0.717) is 0 Å². The van der Waals surface area contributed by atoms with Crippen molar-refractivity contribution < 1.29 is 68.8 Å². The Hall–Kier alpha value is 1.40. The average Bonchev–Trinajstić information content (AvgIpc) is 0.722. The molecule has 0 saturated carbocycles. The third-order valence-electron chi connectivity index (χ3n) is 0. The monoisotopic (exact) mass is 176 g/mol. The second kappa shape index (κ2) is 5.54. The van der Waals surface area contributed by atoms with E-state index in [9.17, 15) is 0 Å². The van der Waals surface area contributed by atoms with Crippen LogP contribution in [0.4, 0.5) is 0 Å². The molecule has 32 valence electrons. The molecule has 0 rings (SSSR count). The molecule has 0 aromatic rings. The fourth-order valence-corrected chi connectivity index (χ4v) is 0. The molecule has 4 nitrogen and oxygen atoms in total. The van der Waals surface area contributed by atoms with Crippen molar-refractivity contribution in [2.24, 2.45) is 0 Å². The molecule has 0 radical (unpaired) electrons. The summed E-state index contributed by atoms with van der Waals surface area (Å²) in [6.45, 7) is 0. The molecule has 0 aliphatic heterocycles. The van der Waals surface area contributed by atoms with Crippen molar-refractivity contribution in [1.82, 2.24) is 0 Å². The van der Waals surface area contributed by atoms with E-state index in [0.717, 1.165) is 0 Å². The van der Waals surface area contributed by atoms with E-state index in [-0.39, 0.29) is 37.7 Å². The summed E-state index contributed by atoms with van der Waals surface area (Å²) < 4.78 is 34.5. The van der Waals surface area contributed by atoms with Crippen molar-refractivity contribution in [2.45, 2.75) is 0 Å². The fourth-order valence-electron chi connectivity index (χ4n) is 0. The van der Waals surface area contributed by atoms with E-state index in [1.807, 2.05) is 0 Å². The van der Waals surface area contributed by atoms with Gasteiger partial charge in [0.1, 0.15) is 0 Å². The van der Waals surface area contributed by atoms with Crippen LogP contribution in [0.25, 0.3) is 0 Å². The van der Waals surface area contributed by atoms with Gasteiger partial charge in [-0.05, 0) is 0 Å². The zero-order chi connectivity index (χ0) is 4.50. The molecule has 0 heterocycles. The maximum atomic E-state index is 8.63. The first-order valence-electron chi connectivity index (χ1n) is 0.667. The second-order valence-corrected chi connectivity index (χ2v) is 2.42. The normalized spacial score (nSPS) is 8.29. The molecule has 0 saturated heterocycles. The molecule has 0 fully saturated rings. The summed E-state index contributed by atoms with van der Waals surface area (Å²) in [4.78, 5) is 0. The predicted octanol–water partition coefficient (Wildman–Crippen LogP) is -8.61. The fraction of sp³-hybridized carbons (Fsp3) is 0. The van der Waals surface area contributed by atoms with Crippen molar-refractivity contribution >= 4 is 0 Å². The number of rotatable bonds is 0. The Labute approximate surface area is 68.4 Å². The summed E-state index contributed by atoms with van der Waals surface area (Å²) >= 11 is -6.02. The van der Waals surface area contributed by atoms with Crippen LogP contribution in [-0.2, 0) is 23.5 Å². The SMILES string of the molecule is [Li+].[Li+].[O]=[Mo](=[O])([O-])[O-]. The molecule has 0 spiro atoms. The third-order valence-corrected chi connectivity index (χ3v) is 0. The maximum absolute atomic E-state index is 8.63. The van der Waals surface area contributed by atoms with Crippen molar-refractivity contribution in [1.29, 1.82) is 0 Å². The van der Waals surface area contributed by atoms with Gasteiger partial charge in [0.2, 0.25) is 0 Å². The Morgan fingerprint density at radius 3 is 1.00 bits per heavy atom. The van der Waals surface area contributed by atoms with Gasteiger partial charge in [0, 0.05) is 0 Å². The van der Waals surface area contributed by atoms with Gasteiger partial charge in [-0.1, -0.05) is 0 Å². The zero-order valence-electron chi connectivity index (χ0n) is 4.04. The molecule has 7 heteroatoms. The van der Waals surface area contributed by atoms with Gasteiger partial charge in [-0.15, -0.1) is 0 Å². The van der Waals surface area contributed by atoms with Crippen LogP contribution in [0, 0.1) is 0 Å². The van der Waals surface area contributed by atoms with Gasteiger partial charge in [-0.2, -0.15) is 0 Å². The molecule has 0 amide bonds. The Kier molecular flexibility index (Phi) is 12.5. The van der Waals surface area contributed by atoms with E-state index in [2.05, 4.69) is 0 Å². The van der Waals surface area contributed by atoms with Gasteiger partial charge in [0.15, 0.2) is 0 Å². The first-order valence-corrected chi connectivity index (χ1v) is 3.94. The molecule has 0 aromatic carbocycles. The molecular formula is Li2MoO4. The van der Waals surface area contributed by atoms with Crippen LogP contribution in [0.1, 0.15) is 0 Å². The molecule has 0 aliphatic carbocycles. The van der Waals surface area contributed by atoms with Crippen LogP contribution >= 0.6 is 0 Å². The van der Waals surface area contributed by atoms with E-state index in [1.54, 1.807) is 0 Å². The molecule has 0 aliphatic rings. The van der Waals surface area contributed by atoms with Gasteiger partial charge in [0.25, 0.3) is 0 Å². The third kappa shape index (κ3) is 110. The second-order valence-electron chi connectivity index (χ2n) is 0.408. The topological polar surface area (TPSA) is 80.3 Å². The zero-order valence-corrected chi connectivity index (χ0v) is 6.05. The van der Waals surface area contributed by atoms with Crippen LogP contribution < -0.4 is 45.2 Å². The van der Waals surface area contributed by atoms with E-state index in [4.69, 9.17) is 14.3 Å². The van der Waals surface area contributed by atoms with Crippen LogP contribution in [0.3, 0.4) is 0 Å². The van der Waals surface area contributed by atoms with Crippen LogP contribution in [-0.4, -0.2) is 0 Å². The average molecular weight is 174 g/mol. The molecular weight excluding hydrogens is 174 g/mol. The predicted molar refractivity (Wildman–Crippen MR) is 1.37 cm³/mol. The van der Waals surface area contributed by atoms with Gasteiger partial charge in [-0.25, -0.2) is 0 Å². The molecule has 0 aromatic heterocycles.